The van der Waals surface area contributed by atoms with Gasteiger partial charge in [-0.25, -0.2) is 19.0 Å². The lowest BCUT2D eigenvalue weighted by Crippen LogP contribution is -2.55. The molecule has 4 atom stereocenters. The van der Waals surface area contributed by atoms with Crippen LogP contribution in [0.4, 0.5) is 52.7 Å². The van der Waals surface area contributed by atoms with Crippen LogP contribution in [-0.4, -0.2) is 150 Å². The number of carbonyl (C=O) groups excluding carboxylic acids is 2. The molecule has 468 valence electrons. The van der Waals surface area contributed by atoms with E-state index in [-0.39, 0.29) is 95.3 Å². The van der Waals surface area contributed by atoms with E-state index >= 15 is 0 Å². The predicted molar refractivity (Wildman–Crippen MR) is 296 cm³/mol. The summed E-state index contributed by atoms with van der Waals surface area (Å²) in [6.07, 6.45) is -16.6. The van der Waals surface area contributed by atoms with E-state index < -0.39 is 96.4 Å². The van der Waals surface area contributed by atoms with Crippen molar-refractivity contribution in [2.24, 2.45) is 0 Å². The second kappa shape index (κ2) is 25.0. The first-order valence-corrected chi connectivity index (χ1v) is 27.3. The minimum absolute atomic E-state index is 0.0340. The van der Waals surface area contributed by atoms with Crippen LogP contribution in [0.5, 0.6) is 11.5 Å². The minimum atomic E-state index is -4.81. The Hall–Kier alpha value is -8.34. The Morgan fingerprint density at radius 2 is 0.886 bits per heavy atom. The number of benzene rings is 4. The van der Waals surface area contributed by atoms with E-state index in [1.54, 1.807) is 72.2 Å². The van der Waals surface area contributed by atoms with Gasteiger partial charge >= 0.3 is 24.7 Å². The van der Waals surface area contributed by atoms with Gasteiger partial charge in [0.1, 0.15) is 22.6 Å². The molecule has 0 unspecified atom stereocenters. The number of carbonyl (C=O) groups is 2. The van der Waals surface area contributed by atoms with E-state index in [0.717, 1.165) is 36.7 Å². The van der Waals surface area contributed by atoms with Gasteiger partial charge in [0.05, 0.1) is 74.4 Å². The summed E-state index contributed by atoms with van der Waals surface area (Å²) in [5, 5.41) is 28.0. The van der Waals surface area contributed by atoms with Gasteiger partial charge in [0.25, 0.3) is 11.8 Å². The molecule has 0 bridgehead atoms. The second-order valence-electron chi connectivity index (χ2n) is 21.2. The summed E-state index contributed by atoms with van der Waals surface area (Å²) < 4.78 is 177. The third-order valence-electron chi connectivity index (χ3n) is 15.8. The molecule has 0 radical (unpaired) electrons. The second-order valence-corrected chi connectivity index (χ2v) is 21.2. The Morgan fingerprint density at radius 1 is 0.534 bits per heavy atom. The number of amides is 2. The monoisotopic (exact) mass is 1240 g/mol. The quantitative estimate of drug-likeness (QED) is 0.111. The summed E-state index contributed by atoms with van der Waals surface area (Å²) in [7, 11) is 2.93. The topological polar surface area (TPSA) is 166 Å². The number of methoxy groups -OCH3 is 2. The Bertz CT molecular complexity index is 3580. The number of aromatic nitrogens is 6. The SMILES string of the molecule is COc1ccc(-c2nc3c(C(=O)N4CCN([C@@H](CO)c5cccc(C(F)(F)F)c5)C[C@H]4C)cnn3c(C(F)(F)F)c2C)cc1.COc1ccc(-c2nc3c(C(=O)N4CCN([C@H](CO)c5cccc(C(F)(F)F)c5)C[C@H]4C)cnn3c(C(F)(F)F)c2C)cc1. The minimum Gasteiger partial charge on any atom is -0.497 e. The number of halogens is 12. The molecule has 4 aromatic heterocycles. The Kier molecular flexibility index (Phi) is 18.2. The van der Waals surface area contributed by atoms with Crippen LogP contribution in [0.25, 0.3) is 33.8 Å². The molecule has 28 heteroatoms. The lowest BCUT2D eigenvalue weighted by atomic mass is 10.0. The van der Waals surface area contributed by atoms with Gasteiger partial charge < -0.3 is 29.5 Å². The maximum atomic E-state index is 14.3. The number of hydrogen-bond donors (Lipinski definition) is 2. The molecule has 2 fully saturated rings. The summed E-state index contributed by atoms with van der Waals surface area (Å²) in [4.78, 5) is 43.0. The zero-order chi connectivity index (χ0) is 63.9. The molecular formula is C60H58F12N10O6. The van der Waals surface area contributed by atoms with Crippen LogP contribution in [0.1, 0.15) is 91.4 Å². The highest BCUT2D eigenvalue weighted by atomic mass is 19.4. The molecule has 2 amide bonds. The molecule has 2 saturated heterocycles. The van der Waals surface area contributed by atoms with E-state index in [0.29, 0.717) is 31.7 Å². The fourth-order valence-electron chi connectivity index (χ4n) is 11.3. The van der Waals surface area contributed by atoms with Gasteiger partial charge in [0.15, 0.2) is 22.7 Å². The zero-order valence-corrected chi connectivity index (χ0v) is 47.9. The number of alkyl halides is 12. The Balaban J connectivity index is 0.000000209. The van der Waals surface area contributed by atoms with Crippen LogP contribution in [-0.2, 0) is 24.7 Å². The highest BCUT2D eigenvalue weighted by molar-refractivity contribution is 6.01. The van der Waals surface area contributed by atoms with Crippen molar-refractivity contribution in [2.75, 3.05) is 66.7 Å². The molecule has 6 heterocycles. The van der Waals surface area contributed by atoms with Crippen LogP contribution in [0.2, 0.25) is 0 Å². The molecule has 0 spiro atoms. The molecule has 16 nitrogen and oxygen atoms in total. The summed E-state index contributed by atoms with van der Waals surface area (Å²) in [5.41, 5.74) is -3.47. The smallest absolute Gasteiger partial charge is 0.433 e. The van der Waals surface area contributed by atoms with Crippen molar-refractivity contribution >= 4 is 23.1 Å². The summed E-state index contributed by atoms with van der Waals surface area (Å²) in [5.74, 6) is -0.157. The van der Waals surface area contributed by atoms with E-state index in [4.69, 9.17) is 9.47 Å². The van der Waals surface area contributed by atoms with Crippen molar-refractivity contribution in [3.8, 4) is 34.0 Å². The number of piperazine rings is 2. The van der Waals surface area contributed by atoms with Gasteiger partial charge in [-0.05, 0) is 112 Å². The van der Waals surface area contributed by atoms with E-state index in [1.165, 1.54) is 62.1 Å². The maximum Gasteiger partial charge on any atom is 0.433 e. The Labute approximate surface area is 495 Å². The van der Waals surface area contributed by atoms with Crippen LogP contribution < -0.4 is 9.47 Å². The van der Waals surface area contributed by atoms with Crippen molar-refractivity contribution in [3.63, 3.8) is 0 Å². The lowest BCUT2D eigenvalue weighted by molar-refractivity contribution is -0.144. The van der Waals surface area contributed by atoms with Crippen molar-refractivity contribution < 1.29 is 82.0 Å². The van der Waals surface area contributed by atoms with Crippen LogP contribution in [0.3, 0.4) is 0 Å². The van der Waals surface area contributed by atoms with Gasteiger partial charge in [0, 0.05) is 73.6 Å². The van der Waals surface area contributed by atoms with Gasteiger partial charge in [-0.3, -0.25) is 19.4 Å². The first-order valence-electron chi connectivity index (χ1n) is 27.3. The van der Waals surface area contributed by atoms with Gasteiger partial charge in [-0.2, -0.15) is 62.9 Å². The van der Waals surface area contributed by atoms with Crippen molar-refractivity contribution in [2.45, 2.75) is 76.6 Å². The molecular weight excluding hydrogens is 1180 g/mol. The maximum absolute atomic E-state index is 14.3. The molecule has 8 aromatic rings. The van der Waals surface area contributed by atoms with Gasteiger partial charge in [0.2, 0.25) is 0 Å². The third kappa shape index (κ3) is 13.0. The Morgan fingerprint density at radius 3 is 1.18 bits per heavy atom. The number of hydrogen-bond acceptors (Lipinski definition) is 12. The molecule has 0 saturated carbocycles. The highest BCUT2D eigenvalue weighted by Gasteiger charge is 2.43. The van der Waals surface area contributed by atoms with Crippen LogP contribution >= 0.6 is 0 Å². The van der Waals surface area contributed by atoms with Crippen LogP contribution in [0.15, 0.2) is 109 Å². The number of aliphatic hydroxyl groups is 2. The molecule has 88 heavy (non-hydrogen) atoms. The molecule has 4 aromatic carbocycles. The number of fused-ring (bicyclic) bond motifs is 2. The molecule has 0 aliphatic carbocycles. The first-order chi connectivity index (χ1) is 41.5. The standard InChI is InChI=1S/2C30H29F6N5O3/c2*1-17-15-39(24(16-42)20-5-4-6-21(13-20)29(31,32)33)11-12-40(17)28(43)23-14-37-41-26(30(34,35)36)18(2)25(38-27(23)41)19-7-9-22(44-3)10-8-19/h2*4-10,13-14,17,24,42H,11-12,15-16H2,1-3H3/t17-,24+;17-,24-/m11/s1. The zero-order valence-electron chi connectivity index (χ0n) is 47.9. The van der Waals surface area contributed by atoms with E-state index in [1.807, 2.05) is 0 Å². The molecule has 10 rings (SSSR count). The van der Waals surface area contributed by atoms with Gasteiger partial charge in [-0.15, -0.1) is 0 Å². The van der Waals surface area contributed by atoms with Crippen molar-refractivity contribution in [3.05, 3.63) is 165 Å². The predicted octanol–water partition coefficient (Wildman–Crippen LogP) is 11.3. The largest absolute Gasteiger partial charge is 0.497 e. The lowest BCUT2D eigenvalue weighted by Gasteiger charge is -2.43. The number of ether oxygens (including phenoxy) is 2. The summed E-state index contributed by atoms with van der Waals surface area (Å²) in [6.45, 7) is 6.14. The van der Waals surface area contributed by atoms with Gasteiger partial charge in [-0.1, -0.05) is 24.3 Å². The van der Waals surface area contributed by atoms with Crippen LogP contribution in [0, 0.1) is 13.8 Å². The average Bonchev–Trinajstić information content (AvgIpc) is 1.64. The number of nitrogens with zero attached hydrogens (tertiary/aromatic N) is 10. The molecule has 2 aliphatic rings. The third-order valence-corrected chi connectivity index (χ3v) is 15.8. The first kappa shape index (κ1) is 64.1. The van der Waals surface area contributed by atoms with Crippen molar-refractivity contribution in [1.29, 1.82) is 0 Å². The fraction of sp³-hybridized carbons (Fsp3) is 0.367. The van der Waals surface area contributed by atoms with E-state index in [9.17, 15) is 72.5 Å². The summed E-state index contributed by atoms with van der Waals surface area (Å²) >= 11 is 0. The molecule has 2 aliphatic heterocycles. The van der Waals surface area contributed by atoms with Crippen molar-refractivity contribution in [1.82, 2.24) is 48.8 Å². The normalized spacial score (nSPS) is 17.2. The summed E-state index contributed by atoms with van der Waals surface area (Å²) in [6, 6.07) is 19.6. The fourth-order valence-corrected chi connectivity index (χ4v) is 11.3. The highest BCUT2D eigenvalue weighted by Crippen LogP contribution is 2.41. The van der Waals surface area contributed by atoms with E-state index in [2.05, 4.69) is 20.2 Å². The molecule has 2 N–H and O–H groups in total. The number of rotatable bonds is 12. The average molecular weight is 1240 g/mol. The number of aliphatic hydroxyl groups excluding tert-OH is 2.